The Hall–Kier alpha value is -5.71. The van der Waals surface area contributed by atoms with Gasteiger partial charge >= 0.3 is 5.97 Å². The number of benzene rings is 3. The molecule has 3 aromatic carbocycles. The maximum absolute atomic E-state index is 14.7. The van der Waals surface area contributed by atoms with Gasteiger partial charge in [0.15, 0.2) is 11.6 Å². The van der Waals surface area contributed by atoms with Gasteiger partial charge in [-0.25, -0.2) is 9.97 Å². The second kappa shape index (κ2) is 11.1. The van der Waals surface area contributed by atoms with Gasteiger partial charge in [-0.15, -0.1) is 10.2 Å². The van der Waals surface area contributed by atoms with Gasteiger partial charge in [-0.05, 0) is 45.0 Å². The quantitative estimate of drug-likeness (QED) is 0.244. The third kappa shape index (κ3) is 5.22. The highest BCUT2D eigenvalue weighted by molar-refractivity contribution is 6.04. The van der Waals surface area contributed by atoms with Crippen molar-refractivity contribution in [1.29, 1.82) is 0 Å². The molecule has 0 saturated carbocycles. The molecule has 1 unspecified atom stereocenters. The topological polar surface area (TPSA) is 121 Å². The zero-order valence-corrected chi connectivity index (χ0v) is 25.0. The lowest BCUT2D eigenvalue weighted by Crippen LogP contribution is -2.41. The van der Waals surface area contributed by atoms with Crippen LogP contribution in [0.3, 0.4) is 0 Å². The molecular formula is C34H30N8O3. The van der Waals surface area contributed by atoms with Gasteiger partial charge in [-0.3, -0.25) is 19.1 Å². The summed E-state index contributed by atoms with van der Waals surface area (Å²) in [5, 5.41) is 15.0. The van der Waals surface area contributed by atoms with E-state index in [1.54, 1.807) is 43.9 Å². The van der Waals surface area contributed by atoms with E-state index in [0.717, 1.165) is 16.5 Å². The molecule has 0 bridgehead atoms. The van der Waals surface area contributed by atoms with E-state index in [1.165, 1.54) is 4.90 Å². The van der Waals surface area contributed by atoms with Gasteiger partial charge in [0.25, 0.3) is 5.95 Å². The molecule has 7 rings (SSSR count). The minimum Gasteiger partial charge on any atom is -0.459 e. The second-order valence-corrected chi connectivity index (χ2v) is 11.8. The van der Waals surface area contributed by atoms with Crippen molar-refractivity contribution in [3.8, 4) is 23.0 Å². The molecule has 1 amide bonds. The minimum absolute atomic E-state index is 0.185. The third-order valence-corrected chi connectivity index (χ3v) is 7.52. The lowest BCUT2D eigenvalue weighted by Gasteiger charge is -2.26. The Morgan fingerprint density at radius 2 is 1.53 bits per heavy atom. The first kappa shape index (κ1) is 28.1. The highest BCUT2D eigenvalue weighted by atomic mass is 16.6. The fraction of sp³-hybridized carbons (Fsp3) is 0.206. The molecule has 4 heterocycles. The average molecular weight is 599 g/mol. The number of hydrogen-bond acceptors (Lipinski definition) is 8. The Bertz CT molecular complexity index is 2030. The van der Waals surface area contributed by atoms with Crippen molar-refractivity contribution in [1.82, 2.24) is 34.5 Å². The molecule has 6 aromatic rings. The lowest BCUT2D eigenvalue weighted by atomic mass is 9.98. The number of fused-ring (bicyclic) bond motifs is 4. The molecule has 11 nitrogen and oxygen atoms in total. The van der Waals surface area contributed by atoms with Gasteiger partial charge in [-0.2, -0.15) is 9.78 Å². The van der Waals surface area contributed by atoms with E-state index in [2.05, 4.69) is 20.2 Å². The molecule has 45 heavy (non-hydrogen) atoms. The van der Waals surface area contributed by atoms with E-state index >= 15 is 0 Å². The molecule has 11 heteroatoms. The van der Waals surface area contributed by atoms with Gasteiger partial charge < -0.3 is 4.74 Å². The van der Waals surface area contributed by atoms with Crippen LogP contribution in [0.1, 0.15) is 38.2 Å². The Kier molecular flexibility index (Phi) is 6.92. The molecule has 0 fully saturated rings. The number of aromatic nitrogens is 7. The zero-order valence-electron chi connectivity index (χ0n) is 25.0. The summed E-state index contributed by atoms with van der Waals surface area (Å²) in [5.74, 6) is -0.209. The number of amides is 1. The molecule has 0 spiro atoms. The number of nitrogens with zero attached hydrogens (tertiary/aromatic N) is 8. The van der Waals surface area contributed by atoms with Crippen molar-refractivity contribution < 1.29 is 14.3 Å². The molecule has 0 aliphatic carbocycles. The van der Waals surface area contributed by atoms with Gasteiger partial charge in [-0.1, -0.05) is 60.7 Å². The average Bonchev–Trinajstić information content (AvgIpc) is 3.62. The van der Waals surface area contributed by atoms with Gasteiger partial charge in [0, 0.05) is 29.8 Å². The number of ether oxygens (including phenoxy) is 1. The summed E-state index contributed by atoms with van der Waals surface area (Å²) in [6.07, 6.45) is 3.50. The predicted molar refractivity (Wildman–Crippen MR) is 168 cm³/mol. The van der Waals surface area contributed by atoms with Gasteiger partial charge in [0.05, 0.1) is 22.6 Å². The highest BCUT2D eigenvalue weighted by Gasteiger charge is 2.39. The summed E-state index contributed by atoms with van der Waals surface area (Å²) in [5.41, 5.74) is 2.84. The summed E-state index contributed by atoms with van der Waals surface area (Å²) in [7, 11) is 0. The van der Waals surface area contributed by atoms with Crippen LogP contribution in [-0.2, 0) is 20.7 Å². The summed E-state index contributed by atoms with van der Waals surface area (Å²) >= 11 is 0. The summed E-state index contributed by atoms with van der Waals surface area (Å²) in [4.78, 5) is 38.2. The number of esters is 1. The standard InChI is InChI=1S/C34H30N8O3/c1-34(2,3)45-29(43)21-40-27-16-9-10-17-28(27)41-30(22-12-5-4-6-13-22)37-38-31(41)24(32(40)44)20-25-23-14-7-8-15-26(23)42(39-25)33-35-18-11-19-36-33/h4-19,24H,20-21H2,1-3H3. The number of carbonyl (C=O) groups is 2. The first-order chi connectivity index (χ1) is 21.8. The fourth-order valence-corrected chi connectivity index (χ4v) is 5.70. The largest absolute Gasteiger partial charge is 0.459 e. The van der Waals surface area contributed by atoms with E-state index < -0.39 is 17.5 Å². The SMILES string of the molecule is CC(C)(C)OC(=O)CN1C(=O)C(Cc2nn(-c3ncccn3)c3ccccc23)c2nnc(-c3ccccc3)n2-c2ccccc21. The molecule has 3 aromatic heterocycles. The maximum Gasteiger partial charge on any atom is 0.326 e. The molecule has 0 N–H and O–H groups in total. The van der Waals surface area contributed by atoms with Crippen LogP contribution in [-0.4, -0.2) is 58.5 Å². The number of rotatable bonds is 6. The van der Waals surface area contributed by atoms with Crippen molar-refractivity contribution in [2.45, 2.75) is 38.7 Å². The van der Waals surface area contributed by atoms with Gasteiger partial charge in [0.1, 0.15) is 18.1 Å². The molecule has 0 radical (unpaired) electrons. The van der Waals surface area contributed by atoms with Crippen molar-refractivity contribution in [3.05, 3.63) is 109 Å². The monoisotopic (exact) mass is 598 g/mol. The first-order valence-corrected chi connectivity index (χ1v) is 14.7. The molecule has 1 aliphatic rings. The molecular weight excluding hydrogens is 568 g/mol. The zero-order chi connectivity index (χ0) is 31.1. The van der Waals surface area contributed by atoms with Crippen LogP contribution in [0.4, 0.5) is 5.69 Å². The van der Waals surface area contributed by atoms with E-state index in [4.69, 9.17) is 9.84 Å². The Morgan fingerprint density at radius 3 is 2.29 bits per heavy atom. The van der Waals surface area contributed by atoms with Crippen LogP contribution < -0.4 is 4.90 Å². The van der Waals surface area contributed by atoms with Crippen LogP contribution >= 0.6 is 0 Å². The molecule has 0 saturated heterocycles. The van der Waals surface area contributed by atoms with E-state index in [9.17, 15) is 9.59 Å². The Balaban J connectivity index is 1.40. The van der Waals surface area contributed by atoms with Crippen LogP contribution in [0.15, 0.2) is 97.3 Å². The fourth-order valence-electron chi connectivity index (χ4n) is 5.70. The Labute approximate surface area is 259 Å². The third-order valence-electron chi connectivity index (χ3n) is 7.52. The molecule has 1 aliphatic heterocycles. The maximum atomic E-state index is 14.7. The summed E-state index contributed by atoms with van der Waals surface area (Å²) < 4.78 is 9.26. The first-order valence-electron chi connectivity index (χ1n) is 14.7. The number of hydrogen-bond donors (Lipinski definition) is 0. The van der Waals surface area contributed by atoms with E-state index in [-0.39, 0.29) is 18.9 Å². The smallest absolute Gasteiger partial charge is 0.326 e. The summed E-state index contributed by atoms with van der Waals surface area (Å²) in [6.45, 7) is 5.14. The van der Waals surface area contributed by atoms with E-state index in [1.807, 2.05) is 83.4 Å². The van der Waals surface area contributed by atoms with Crippen molar-refractivity contribution in [2.75, 3.05) is 11.4 Å². The summed E-state index contributed by atoms with van der Waals surface area (Å²) in [6, 6.07) is 26.7. The predicted octanol–water partition coefficient (Wildman–Crippen LogP) is 5.08. The van der Waals surface area contributed by atoms with Crippen LogP contribution in [0.25, 0.3) is 33.9 Å². The number of carbonyl (C=O) groups excluding carboxylic acids is 2. The highest BCUT2D eigenvalue weighted by Crippen LogP contribution is 2.39. The normalized spacial score (nSPS) is 14.6. The van der Waals surface area contributed by atoms with Crippen LogP contribution in [0.5, 0.6) is 0 Å². The van der Waals surface area contributed by atoms with Crippen molar-refractivity contribution in [3.63, 3.8) is 0 Å². The number of anilines is 1. The molecule has 1 atom stereocenters. The van der Waals surface area contributed by atoms with Crippen molar-refractivity contribution >= 4 is 28.5 Å². The lowest BCUT2D eigenvalue weighted by molar-refractivity contribution is -0.153. The second-order valence-electron chi connectivity index (χ2n) is 11.8. The Morgan fingerprint density at radius 1 is 0.844 bits per heavy atom. The molecule has 224 valence electrons. The van der Waals surface area contributed by atoms with Gasteiger partial charge in [0.2, 0.25) is 5.91 Å². The number of para-hydroxylation sites is 3. The van der Waals surface area contributed by atoms with Crippen molar-refractivity contribution in [2.24, 2.45) is 0 Å². The van der Waals surface area contributed by atoms with E-state index in [0.29, 0.717) is 34.7 Å². The van der Waals surface area contributed by atoms with Crippen LogP contribution in [0.2, 0.25) is 0 Å². The minimum atomic E-state index is -0.840. The van der Waals surface area contributed by atoms with Crippen LogP contribution in [0, 0.1) is 0 Å².